The molecule has 2 rings (SSSR count). The number of anilines is 1. The molecule has 1 amide bonds. The lowest BCUT2D eigenvalue weighted by Crippen LogP contribution is -2.20. The van der Waals surface area contributed by atoms with E-state index in [0.29, 0.717) is 15.7 Å². The molecular formula is C18H15Cl2NO4. The maximum atomic E-state index is 11.8. The monoisotopic (exact) mass is 379 g/mol. The quantitative estimate of drug-likeness (QED) is 0.603. The number of carbonyl (C=O) groups is 2. The van der Waals surface area contributed by atoms with E-state index in [4.69, 9.17) is 32.7 Å². The van der Waals surface area contributed by atoms with Gasteiger partial charge in [0.25, 0.3) is 5.91 Å². The highest BCUT2D eigenvalue weighted by Crippen LogP contribution is 2.24. The van der Waals surface area contributed by atoms with E-state index in [0.717, 1.165) is 11.3 Å². The second kappa shape index (κ2) is 9.11. The molecule has 2 aromatic carbocycles. The topological polar surface area (TPSA) is 64.6 Å². The van der Waals surface area contributed by atoms with Gasteiger partial charge in [-0.2, -0.15) is 0 Å². The van der Waals surface area contributed by atoms with Crippen molar-refractivity contribution in [3.8, 4) is 5.75 Å². The minimum absolute atomic E-state index is 0.318. The number of benzene rings is 2. The molecule has 7 heteroatoms. The molecule has 0 atom stereocenters. The van der Waals surface area contributed by atoms with Crippen molar-refractivity contribution in [3.63, 3.8) is 0 Å². The summed E-state index contributed by atoms with van der Waals surface area (Å²) in [6, 6.07) is 11.8. The molecule has 0 fully saturated rings. The van der Waals surface area contributed by atoms with Gasteiger partial charge in [0.05, 0.1) is 17.2 Å². The van der Waals surface area contributed by atoms with Crippen molar-refractivity contribution in [1.82, 2.24) is 0 Å². The van der Waals surface area contributed by atoms with Crippen LogP contribution in [0, 0.1) is 0 Å². The number of hydrogen-bond donors (Lipinski definition) is 1. The fraction of sp³-hybridized carbons (Fsp3) is 0.111. The average molecular weight is 380 g/mol. The Morgan fingerprint density at radius 1 is 1.08 bits per heavy atom. The summed E-state index contributed by atoms with van der Waals surface area (Å²) in [6.07, 6.45) is 2.83. The van der Waals surface area contributed by atoms with Crippen molar-refractivity contribution in [2.24, 2.45) is 0 Å². The fourth-order valence-corrected chi connectivity index (χ4v) is 2.13. The Bertz CT molecular complexity index is 788. The van der Waals surface area contributed by atoms with E-state index in [1.807, 2.05) is 0 Å². The van der Waals surface area contributed by atoms with Gasteiger partial charge in [-0.3, -0.25) is 4.79 Å². The van der Waals surface area contributed by atoms with Gasteiger partial charge >= 0.3 is 5.97 Å². The first-order chi connectivity index (χ1) is 12.0. The zero-order valence-electron chi connectivity index (χ0n) is 13.3. The van der Waals surface area contributed by atoms with Crippen LogP contribution in [0.1, 0.15) is 5.56 Å². The molecule has 130 valence electrons. The van der Waals surface area contributed by atoms with Gasteiger partial charge in [0.15, 0.2) is 6.61 Å². The molecule has 0 saturated carbocycles. The normalized spacial score (nSPS) is 10.5. The van der Waals surface area contributed by atoms with Gasteiger partial charge in [0, 0.05) is 11.8 Å². The minimum Gasteiger partial charge on any atom is -0.497 e. The van der Waals surface area contributed by atoms with E-state index in [9.17, 15) is 9.59 Å². The lowest BCUT2D eigenvalue weighted by molar-refractivity contribution is -0.142. The Kier molecular flexibility index (Phi) is 6.86. The molecule has 1 N–H and O–H groups in total. The number of rotatable bonds is 6. The van der Waals surface area contributed by atoms with Crippen molar-refractivity contribution in [1.29, 1.82) is 0 Å². The van der Waals surface area contributed by atoms with Gasteiger partial charge in [-0.05, 0) is 42.0 Å². The lowest BCUT2D eigenvalue weighted by atomic mass is 10.2. The maximum absolute atomic E-state index is 11.8. The summed E-state index contributed by atoms with van der Waals surface area (Å²) >= 11 is 11.7. The van der Waals surface area contributed by atoms with Crippen molar-refractivity contribution in [2.45, 2.75) is 0 Å². The molecule has 0 aliphatic rings. The molecule has 25 heavy (non-hydrogen) atoms. The van der Waals surface area contributed by atoms with Crippen molar-refractivity contribution in [3.05, 3.63) is 64.1 Å². The highest BCUT2D eigenvalue weighted by molar-refractivity contribution is 6.42. The minimum atomic E-state index is -0.625. The summed E-state index contributed by atoms with van der Waals surface area (Å²) in [5.41, 5.74) is 1.27. The fourth-order valence-electron chi connectivity index (χ4n) is 1.84. The van der Waals surface area contributed by atoms with Crippen LogP contribution in [0.5, 0.6) is 5.75 Å². The number of halogens is 2. The summed E-state index contributed by atoms with van der Waals surface area (Å²) in [5, 5.41) is 3.26. The second-order valence-electron chi connectivity index (χ2n) is 4.89. The van der Waals surface area contributed by atoms with E-state index in [-0.39, 0.29) is 0 Å². The van der Waals surface area contributed by atoms with Gasteiger partial charge < -0.3 is 14.8 Å². The number of amides is 1. The first-order valence-electron chi connectivity index (χ1n) is 7.22. The maximum Gasteiger partial charge on any atom is 0.331 e. The smallest absolute Gasteiger partial charge is 0.331 e. The van der Waals surface area contributed by atoms with Crippen LogP contribution in [0.15, 0.2) is 48.5 Å². The number of ether oxygens (including phenoxy) is 2. The Morgan fingerprint density at radius 2 is 1.80 bits per heavy atom. The number of nitrogens with one attached hydrogen (secondary N) is 1. The van der Waals surface area contributed by atoms with Crippen LogP contribution in [-0.2, 0) is 14.3 Å². The standard InChI is InChI=1S/C18H15Cl2NO4/c1-24-14-6-2-12(3-7-14)4-9-18(23)25-11-17(22)21-13-5-8-15(19)16(20)10-13/h2-10H,11H2,1H3,(H,21,22). The Hall–Kier alpha value is -2.50. The van der Waals surface area contributed by atoms with Crippen molar-refractivity contribution < 1.29 is 19.1 Å². The highest BCUT2D eigenvalue weighted by atomic mass is 35.5. The van der Waals surface area contributed by atoms with Crippen molar-refractivity contribution in [2.75, 3.05) is 19.0 Å². The molecule has 5 nitrogen and oxygen atoms in total. The van der Waals surface area contributed by atoms with Crippen LogP contribution in [0.4, 0.5) is 5.69 Å². The van der Waals surface area contributed by atoms with Crippen LogP contribution >= 0.6 is 23.2 Å². The summed E-state index contributed by atoms with van der Waals surface area (Å²) in [6.45, 7) is -0.411. The SMILES string of the molecule is COc1ccc(C=CC(=O)OCC(=O)Nc2ccc(Cl)c(Cl)c2)cc1. The van der Waals surface area contributed by atoms with Crippen LogP contribution in [-0.4, -0.2) is 25.6 Å². The van der Waals surface area contributed by atoms with E-state index in [2.05, 4.69) is 5.32 Å². The molecule has 0 radical (unpaired) electrons. The molecule has 0 heterocycles. The molecule has 0 unspecified atom stereocenters. The summed E-state index contributed by atoms with van der Waals surface area (Å²) in [7, 11) is 1.57. The first-order valence-corrected chi connectivity index (χ1v) is 7.97. The number of hydrogen-bond acceptors (Lipinski definition) is 4. The predicted octanol–water partition coefficient (Wildman–Crippen LogP) is 4.20. The summed E-state index contributed by atoms with van der Waals surface area (Å²) in [4.78, 5) is 23.4. The van der Waals surface area contributed by atoms with Crippen LogP contribution in [0.25, 0.3) is 6.08 Å². The molecule has 0 bridgehead atoms. The van der Waals surface area contributed by atoms with Crippen molar-refractivity contribution >= 4 is 46.8 Å². The number of methoxy groups -OCH3 is 1. The first kappa shape index (κ1) is 18.8. The lowest BCUT2D eigenvalue weighted by Gasteiger charge is -2.06. The largest absolute Gasteiger partial charge is 0.497 e. The van der Waals surface area contributed by atoms with Gasteiger partial charge in [0.2, 0.25) is 0 Å². The third-order valence-electron chi connectivity index (χ3n) is 3.08. The van der Waals surface area contributed by atoms with E-state index in [1.54, 1.807) is 49.6 Å². The Balaban J connectivity index is 1.81. The Morgan fingerprint density at radius 3 is 2.44 bits per heavy atom. The molecule has 2 aromatic rings. The van der Waals surface area contributed by atoms with Crippen LogP contribution in [0.2, 0.25) is 10.0 Å². The second-order valence-corrected chi connectivity index (χ2v) is 5.71. The predicted molar refractivity (Wildman–Crippen MR) is 98.1 cm³/mol. The Labute approximate surface area is 155 Å². The molecule has 0 aliphatic carbocycles. The van der Waals surface area contributed by atoms with E-state index in [1.165, 1.54) is 12.1 Å². The van der Waals surface area contributed by atoms with Gasteiger partial charge in [-0.15, -0.1) is 0 Å². The third kappa shape index (κ3) is 6.14. The average Bonchev–Trinajstić information content (AvgIpc) is 2.61. The van der Waals surface area contributed by atoms with Gasteiger partial charge in [0.1, 0.15) is 5.75 Å². The van der Waals surface area contributed by atoms with Crippen LogP contribution in [0.3, 0.4) is 0 Å². The third-order valence-corrected chi connectivity index (χ3v) is 3.82. The van der Waals surface area contributed by atoms with Crippen LogP contribution < -0.4 is 10.1 Å². The zero-order valence-corrected chi connectivity index (χ0v) is 14.8. The summed E-state index contributed by atoms with van der Waals surface area (Å²) < 4.78 is 9.92. The molecular weight excluding hydrogens is 365 g/mol. The molecule has 0 spiro atoms. The number of carbonyl (C=O) groups excluding carboxylic acids is 2. The number of esters is 1. The molecule has 0 saturated heterocycles. The zero-order chi connectivity index (χ0) is 18.2. The van der Waals surface area contributed by atoms with E-state index < -0.39 is 18.5 Å². The van der Waals surface area contributed by atoms with E-state index >= 15 is 0 Å². The molecule has 0 aliphatic heterocycles. The molecule has 0 aromatic heterocycles. The highest BCUT2D eigenvalue weighted by Gasteiger charge is 2.07. The summed E-state index contributed by atoms with van der Waals surface area (Å²) in [5.74, 6) is -0.386. The van der Waals surface area contributed by atoms with Gasteiger partial charge in [-0.1, -0.05) is 35.3 Å². The van der Waals surface area contributed by atoms with Gasteiger partial charge in [-0.25, -0.2) is 4.79 Å².